The van der Waals surface area contributed by atoms with Crippen LogP contribution in [0.2, 0.25) is 0 Å². The van der Waals surface area contributed by atoms with E-state index >= 15 is 0 Å². The molecule has 47 heavy (non-hydrogen) atoms. The molecule has 0 amide bonds. The van der Waals surface area contributed by atoms with E-state index in [0.717, 1.165) is 46.0 Å². The number of hydrogen-bond acceptors (Lipinski definition) is 7. The number of thiazole rings is 1. The maximum Gasteiger partial charge on any atom is 0.343 e. The number of ether oxygens (including phenoxy) is 1. The lowest BCUT2D eigenvalue weighted by Crippen LogP contribution is -2.38. The Morgan fingerprint density at radius 3 is 2.45 bits per heavy atom. The van der Waals surface area contributed by atoms with Crippen LogP contribution in [-0.2, 0) is 6.42 Å². The number of hydrogen-bond donors (Lipinski definition) is 0. The van der Waals surface area contributed by atoms with Gasteiger partial charge in [0.2, 0.25) is 0 Å². The minimum absolute atomic E-state index is 0.123. The number of esters is 1. The van der Waals surface area contributed by atoms with Gasteiger partial charge in [-0.15, -0.1) is 0 Å². The predicted molar refractivity (Wildman–Crippen MR) is 181 cm³/mol. The third-order valence-corrected chi connectivity index (χ3v) is 9.69. The summed E-state index contributed by atoms with van der Waals surface area (Å²) in [5.74, 6) is -0.396. The molecule has 5 aromatic carbocycles. The highest BCUT2D eigenvalue weighted by molar-refractivity contribution is 7.07. The average Bonchev–Trinajstić information content (AvgIpc) is 3.42. The smallest absolute Gasteiger partial charge is 0.343 e. The van der Waals surface area contributed by atoms with Gasteiger partial charge in [-0.3, -0.25) is 19.5 Å². The van der Waals surface area contributed by atoms with Crippen LogP contribution >= 0.6 is 11.3 Å². The highest BCUT2D eigenvalue weighted by atomic mass is 32.1. The highest BCUT2D eigenvalue weighted by Gasteiger charge is 2.32. The van der Waals surface area contributed by atoms with Crippen molar-refractivity contribution >= 4 is 45.5 Å². The first-order valence-electron chi connectivity index (χ1n) is 15.1. The number of nitro groups is 1. The van der Waals surface area contributed by atoms with Crippen LogP contribution in [0.3, 0.4) is 0 Å². The van der Waals surface area contributed by atoms with Gasteiger partial charge in [0.15, 0.2) is 4.80 Å². The summed E-state index contributed by atoms with van der Waals surface area (Å²) in [5, 5.41) is 12.8. The molecular weight excluding hydrogens is 611 g/mol. The number of benzene rings is 5. The van der Waals surface area contributed by atoms with E-state index in [4.69, 9.17) is 9.73 Å². The molecular formula is C38H25N3O5S. The normalized spacial score (nSPS) is 15.4. The van der Waals surface area contributed by atoms with E-state index in [9.17, 15) is 19.7 Å². The van der Waals surface area contributed by atoms with Crippen molar-refractivity contribution in [2.45, 2.75) is 18.9 Å². The molecule has 8 nitrogen and oxygen atoms in total. The fraction of sp³-hybridized carbons (Fsp3) is 0.0789. The number of aryl methyl sites for hydroxylation is 1. The van der Waals surface area contributed by atoms with Crippen molar-refractivity contribution in [3.63, 3.8) is 0 Å². The molecule has 1 atom stereocenters. The first-order valence-corrected chi connectivity index (χ1v) is 15.9. The molecule has 0 unspecified atom stereocenters. The van der Waals surface area contributed by atoms with Gasteiger partial charge >= 0.3 is 5.97 Å². The van der Waals surface area contributed by atoms with Crippen LogP contribution in [0, 0.1) is 10.1 Å². The van der Waals surface area contributed by atoms with Gasteiger partial charge in [0, 0.05) is 23.3 Å². The monoisotopic (exact) mass is 635 g/mol. The van der Waals surface area contributed by atoms with Crippen LogP contribution < -0.4 is 19.6 Å². The van der Waals surface area contributed by atoms with Crippen LogP contribution in [0.15, 0.2) is 131 Å². The number of fused-ring (bicyclic) bond motifs is 4. The zero-order chi connectivity index (χ0) is 32.1. The van der Waals surface area contributed by atoms with Gasteiger partial charge in [0.25, 0.3) is 11.2 Å². The Labute approximate surface area is 272 Å². The molecule has 9 heteroatoms. The lowest BCUT2D eigenvalue weighted by Gasteiger charge is -2.30. The number of carbonyl (C=O) groups excluding carboxylic acids is 1. The summed E-state index contributed by atoms with van der Waals surface area (Å²) in [6.45, 7) is 0. The van der Waals surface area contributed by atoms with Crippen molar-refractivity contribution < 1.29 is 14.5 Å². The molecule has 0 fully saturated rings. The summed E-state index contributed by atoms with van der Waals surface area (Å²) in [6, 6.07) is 34.6. The van der Waals surface area contributed by atoms with Crippen LogP contribution in [-0.4, -0.2) is 15.5 Å². The quantitative estimate of drug-likeness (QED) is 0.0919. The number of allylic oxidation sites excluding steroid dienone is 1. The van der Waals surface area contributed by atoms with Gasteiger partial charge in [-0.2, -0.15) is 0 Å². The van der Waals surface area contributed by atoms with Crippen molar-refractivity contribution in [2.24, 2.45) is 4.99 Å². The van der Waals surface area contributed by atoms with E-state index in [1.54, 1.807) is 16.7 Å². The molecule has 2 aliphatic rings. The average molecular weight is 636 g/mol. The number of carbonyl (C=O) groups is 1. The fourth-order valence-corrected chi connectivity index (χ4v) is 7.46. The van der Waals surface area contributed by atoms with E-state index in [0.29, 0.717) is 14.9 Å². The maximum atomic E-state index is 14.4. The number of non-ortho nitro benzene ring substituents is 1. The van der Waals surface area contributed by atoms with E-state index < -0.39 is 10.9 Å². The van der Waals surface area contributed by atoms with Gasteiger partial charge in [0.05, 0.1) is 26.8 Å². The van der Waals surface area contributed by atoms with Crippen molar-refractivity contribution in [3.8, 4) is 5.75 Å². The minimum atomic E-state index is -0.665. The summed E-state index contributed by atoms with van der Waals surface area (Å²) in [6.07, 6.45) is 3.45. The predicted octanol–water partition coefficient (Wildman–Crippen LogP) is 6.60. The van der Waals surface area contributed by atoms with Crippen LogP contribution in [0.1, 0.15) is 45.1 Å². The summed E-state index contributed by atoms with van der Waals surface area (Å²) in [7, 11) is 0. The Bertz CT molecular complexity index is 2460. The van der Waals surface area contributed by atoms with Gasteiger partial charge in [0.1, 0.15) is 5.75 Å². The highest BCUT2D eigenvalue weighted by Crippen LogP contribution is 2.41. The molecule has 0 saturated heterocycles. The second-order valence-electron chi connectivity index (χ2n) is 11.4. The van der Waals surface area contributed by atoms with E-state index in [-0.39, 0.29) is 28.6 Å². The molecule has 1 aliphatic carbocycles. The molecule has 2 heterocycles. The second-order valence-corrected chi connectivity index (χ2v) is 12.4. The number of nitro benzene ring substituents is 1. The van der Waals surface area contributed by atoms with Crippen LogP contribution in [0.25, 0.3) is 22.5 Å². The van der Waals surface area contributed by atoms with Gasteiger partial charge < -0.3 is 4.74 Å². The molecule has 0 saturated carbocycles. The fourth-order valence-electron chi connectivity index (χ4n) is 6.48. The number of rotatable bonds is 5. The van der Waals surface area contributed by atoms with Gasteiger partial charge in [-0.1, -0.05) is 96.3 Å². The second kappa shape index (κ2) is 11.5. The lowest BCUT2D eigenvalue weighted by atomic mass is 9.83. The topological polar surface area (TPSA) is 104 Å². The third-order valence-electron chi connectivity index (χ3n) is 8.71. The Morgan fingerprint density at radius 1 is 0.894 bits per heavy atom. The lowest BCUT2D eigenvalue weighted by molar-refractivity contribution is -0.384. The first-order chi connectivity index (χ1) is 23.0. The SMILES string of the molecule is O=C(Oc1ccc2ccccc2c1/C=c1/sc2n(c1=O)[C@@H](c1ccccc1)C1=C(N=2)c2ccccc2CC1)c1ccc([N+](=O)[O-])cc1. The first kappa shape index (κ1) is 28.5. The molecule has 6 aromatic rings. The molecule has 0 spiro atoms. The van der Waals surface area contributed by atoms with Gasteiger partial charge in [-0.25, -0.2) is 9.79 Å². The summed E-state index contributed by atoms with van der Waals surface area (Å²) < 4.78 is 8.14. The van der Waals surface area contributed by atoms with E-state index in [1.165, 1.54) is 41.2 Å². The third kappa shape index (κ3) is 4.97. The molecule has 8 rings (SSSR count). The molecule has 1 aliphatic heterocycles. The number of aromatic nitrogens is 1. The van der Waals surface area contributed by atoms with Crippen LogP contribution in [0.4, 0.5) is 5.69 Å². The molecule has 228 valence electrons. The standard InChI is InChI=1S/C38H25N3O5S/c42-36-33(22-31-28-12-6-4-8-23(28)17-21-32(31)46-37(43)26-14-18-27(19-15-26)41(44)45)47-38-39-34-29-13-7-5-9-24(29)16-20-30(34)35(40(36)38)25-10-2-1-3-11-25/h1-15,17-19,21-22,35H,16,20H2/b33-22+/t35-/m0/s1. The maximum absolute atomic E-state index is 14.4. The van der Waals surface area contributed by atoms with Crippen molar-refractivity contribution in [3.05, 3.63) is 178 Å². The van der Waals surface area contributed by atoms with Crippen molar-refractivity contribution in [1.82, 2.24) is 4.57 Å². The Kier molecular flexibility index (Phi) is 6.96. The summed E-state index contributed by atoms with van der Waals surface area (Å²) in [4.78, 5) is 43.9. The number of nitrogens with zero attached hydrogens (tertiary/aromatic N) is 3. The molecule has 0 N–H and O–H groups in total. The van der Waals surface area contributed by atoms with Crippen LogP contribution in [0.5, 0.6) is 5.75 Å². The molecule has 0 radical (unpaired) electrons. The van der Waals surface area contributed by atoms with E-state index in [1.807, 2.05) is 60.7 Å². The zero-order valence-corrected chi connectivity index (χ0v) is 25.6. The van der Waals surface area contributed by atoms with Gasteiger partial charge in [-0.05, 0) is 64.6 Å². The minimum Gasteiger partial charge on any atom is -0.422 e. The van der Waals surface area contributed by atoms with Crippen molar-refractivity contribution in [1.29, 1.82) is 0 Å². The van der Waals surface area contributed by atoms with Crippen molar-refractivity contribution in [2.75, 3.05) is 0 Å². The van der Waals surface area contributed by atoms with E-state index in [2.05, 4.69) is 24.3 Å². The largest absolute Gasteiger partial charge is 0.422 e. The molecule has 1 aromatic heterocycles. The Morgan fingerprint density at radius 2 is 1.64 bits per heavy atom. The summed E-state index contributed by atoms with van der Waals surface area (Å²) >= 11 is 1.31. The summed E-state index contributed by atoms with van der Waals surface area (Å²) in [5.41, 5.74) is 5.86. The Hall–Kier alpha value is -5.93. The Balaban J connectivity index is 1.30. The zero-order valence-electron chi connectivity index (χ0n) is 24.8. The molecule has 0 bridgehead atoms.